The predicted octanol–water partition coefficient (Wildman–Crippen LogP) is 10.5. The Morgan fingerprint density at radius 1 is 0.625 bits per heavy atom. The lowest BCUT2D eigenvalue weighted by atomic mass is 9.90. The summed E-state index contributed by atoms with van der Waals surface area (Å²) in [5.74, 6) is 0.363. The first-order valence-corrected chi connectivity index (χ1v) is 14.3. The Morgan fingerprint density at radius 2 is 1.27 bits per heavy atom. The molecule has 0 heterocycles. The lowest BCUT2D eigenvalue weighted by molar-refractivity contribution is 0.824. The number of hydrogen-bond donors (Lipinski definition) is 0. The zero-order valence-corrected chi connectivity index (χ0v) is 23.4. The van der Waals surface area contributed by atoms with Crippen molar-refractivity contribution in [3.63, 3.8) is 0 Å². The minimum absolute atomic E-state index is 0.363. The molecule has 2 nitrogen and oxygen atoms in total. The van der Waals surface area contributed by atoms with Crippen LogP contribution >= 0.6 is 0 Å². The fraction of sp³-hybridized carbons (Fsp3) is 0.158. The highest BCUT2D eigenvalue weighted by atomic mass is 15.2. The van der Waals surface area contributed by atoms with E-state index in [1.54, 1.807) is 0 Å². The Labute approximate surface area is 238 Å². The van der Waals surface area contributed by atoms with Gasteiger partial charge < -0.3 is 9.80 Å². The average molecular weight is 521 g/mol. The van der Waals surface area contributed by atoms with E-state index in [-0.39, 0.29) is 0 Å². The van der Waals surface area contributed by atoms with E-state index in [9.17, 15) is 0 Å². The SMILES string of the molecule is CC1=CCCC(N(C2=CCC(c3ccc(N(c4ccccc4)c4cccc(C)c4)cc3)C=C2)c2ccccc2)=C1. The third kappa shape index (κ3) is 5.58. The van der Waals surface area contributed by atoms with Gasteiger partial charge in [-0.05, 0) is 105 Å². The molecular weight excluding hydrogens is 484 g/mol. The normalized spacial score (nSPS) is 16.6. The van der Waals surface area contributed by atoms with Crippen molar-refractivity contribution in [2.24, 2.45) is 0 Å². The Hall–Kier alpha value is -4.56. The number of aryl methyl sites for hydroxylation is 1. The summed E-state index contributed by atoms with van der Waals surface area (Å²) < 4.78 is 0. The molecule has 40 heavy (non-hydrogen) atoms. The van der Waals surface area contributed by atoms with Gasteiger partial charge in [-0.15, -0.1) is 0 Å². The molecule has 0 saturated carbocycles. The van der Waals surface area contributed by atoms with E-state index in [1.165, 1.54) is 45.2 Å². The molecule has 0 bridgehead atoms. The number of nitrogens with zero attached hydrogens (tertiary/aromatic N) is 2. The first kappa shape index (κ1) is 25.7. The molecule has 0 fully saturated rings. The van der Waals surface area contributed by atoms with Gasteiger partial charge in [0.15, 0.2) is 0 Å². The minimum atomic E-state index is 0.363. The fourth-order valence-electron chi connectivity index (χ4n) is 5.76. The highest BCUT2D eigenvalue weighted by Gasteiger charge is 2.21. The van der Waals surface area contributed by atoms with E-state index in [0.29, 0.717) is 5.92 Å². The summed E-state index contributed by atoms with van der Waals surface area (Å²) in [5, 5.41) is 0. The van der Waals surface area contributed by atoms with E-state index in [0.717, 1.165) is 24.9 Å². The van der Waals surface area contributed by atoms with Crippen LogP contribution in [0, 0.1) is 6.92 Å². The van der Waals surface area contributed by atoms with Crippen molar-refractivity contribution in [2.75, 3.05) is 9.80 Å². The molecule has 0 spiro atoms. The summed E-state index contributed by atoms with van der Waals surface area (Å²) in [6.45, 7) is 4.35. The van der Waals surface area contributed by atoms with Crippen LogP contribution in [0.1, 0.15) is 43.2 Å². The van der Waals surface area contributed by atoms with Crippen molar-refractivity contribution >= 4 is 22.7 Å². The first-order chi connectivity index (χ1) is 19.7. The number of hydrogen-bond acceptors (Lipinski definition) is 2. The zero-order valence-electron chi connectivity index (χ0n) is 23.4. The molecule has 4 aromatic carbocycles. The maximum absolute atomic E-state index is 2.44. The summed E-state index contributed by atoms with van der Waals surface area (Å²) >= 11 is 0. The smallest absolute Gasteiger partial charge is 0.0464 e. The Balaban J connectivity index is 1.25. The van der Waals surface area contributed by atoms with Crippen LogP contribution in [0.4, 0.5) is 22.7 Å². The van der Waals surface area contributed by atoms with E-state index < -0.39 is 0 Å². The number of benzene rings is 4. The van der Waals surface area contributed by atoms with Crippen molar-refractivity contribution < 1.29 is 0 Å². The Bertz CT molecular complexity index is 1570. The third-order valence-corrected chi connectivity index (χ3v) is 7.75. The van der Waals surface area contributed by atoms with Crippen molar-refractivity contribution in [1.29, 1.82) is 0 Å². The second kappa shape index (κ2) is 11.7. The molecule has 4 aromatic rings. The molecule has 2 aliphatic rings. The quantitative estimate of drug-likeness (QED) is 0.239. The van der Waals surface area contributed by atoms with Gasteiger partial charge in [0.1, 0.15) is 0 Å². The van der Waals surface area contributed by atoms with Gasteiger partial charge in [0, 0.05) is 40.1 Å². The highest BCUT2D eigenvalue weighted by molar-refractivity contribution is 5.76. The van der Waals surface area contributed by atoms with Gasteiger partial charge in [0.25, 0.3) is 0 Å². The molecule has 2 heteroatoms. The van der Waals surface area contributed by atoms with Gasteiger partial charge in [-0.3, -0.25) is 0 Å². The molecule has 198 valence electrons. The molecule has 2 aliphatic carbocycles. The number of rotatable bonds is 7. The van der Waals surface area contributed by atoms with E-state index in [2.05, 4.69) is 163 Å². The lowest BCUT2D eigenvalue weighted by Gasteiger charge is -2.32. The Kier molecular flexibility index (Phi) is 7.50. The molecule has 0 aromatic heterocycles. The summed E-state index contributed by atoms with van der Waals surface area (Å²) in [6.07, 6.45) is 14.9. The summed E-state index contributed by atoms with van der Waals surface area (Å²) in [5.41, 5.74) is 11.3. The maximum Gasteiger partial charge on any atom is 0.0464 e. The molecule has 1 unspecified atom stereocenters. The van der Waals surface area contributed by atoms with Gasteiger partial charge in [-0.1, -0.05) is 84.5 Å². The second-order valence-electron chi connectivity index (χ2n) is 10.7. The van der Waals surface area contributed by atoms with Gasteiger partial charge in [-0.25, -0.2) is 0 Å². The maximum atomic E-state index is 2.44. The monoisotopic (exact) mass is 520 g/mol. The number of para-hydroxylation sites is 2. The predicted molar refractivity (Wildman–Crippen MR) is 170 cm³/mol. The molecule has 0 aliphatic heterocycles. The van der Waals surface area contributed by atoms with Gasteiger partial charge in [0.05, 0.1) is 0 Å². The van der Waals surface area contributed by atoms with Crippen LogP contribution < -0.4 is 9.80 Å². The third-order valence-electron chi connectivity index (χ3n) is 7.75. The highest BCUT2D eigenvalue weighted by Crippen LogP contribution is 2.38. The average Bonchev–Trinajstić information content (AvgIpc) is 3.00. The molecule has 0 radical (unpaired) electrons. The number of allylic oxidation sites excluding steroid dienone is 7. The van der Waals surface area contributed by atoms with Crippen LogP contribution in [0.25, 0.3) is 0 Å². The largest absolute Gasteiger partial charge is 0.315 e. The van der Waals surface area contributed by atoms with E-state index in [4.69, 9.17) is 0 Å². The van der Waals surface area contributed by atoms with Crippen molar-refractivity contribution in [2.45, 2.75) is 39.0 Å². The summed E-state index contributed by atoms with van der Waals surface area (Å²) in [7, 11) is 0. The lowest BCUT2D eigenvalue weighted by Crippen LogP contribution is -2.23. The van der Waals surface area contributed by atoms with Gasteiger partial charge in [0.2, 0.25) is 0 Å². The molecule has 0 amide bonds. The first-order valence-electron chi connectivity index (χ1n) is 14.3. The van der Waals surface area contributed by atoms with Crippen molar-refractivity contribution in [3.05, 3.63) is 168 Å². The van der Waals surface area contributed by atoms with Crippen LogP contribution in [0.3, 0.4) is 0 Å². The standard InChI is InChI=1S/C38H36N2/c1-29-11-9-17-37(27-29)39(33-13-5-3-6-14-33)35-23-19-31(20-24-35)32-21-25-36(26-22-32)40(34-15-7-4-8-16-34)38-18-10-12-30(2)28-38/h3-9,11-17,19-21,23-28,32H,10,18,22H2,1-2H3. The molecule has 0 saturated heterocycles. The van der Waals surface area contributed by atoms with Gasteiger partial charge >= 0.3 is 0 Å². The zero-order chi connectivity index (χ0) is 27.3. The van der Waals surface area contributed by atoms with E-state index in [1.807, 2.05) is 0 Å². The van der Waals surface area contributed by atoms with Crippen LogP contribution in [-0.4, -0.2) is 0 Å². The van der Waals surface area contributed by atoms with Crippen LogP contribution in [0.2, 0.25) is 0 Å². The van der Waals surface area contributed by atoms with Gasteiger partial charge in [-0.2, -0.15) is 0 Å². The van der Waals surface area contributed by atoms with Crippen LogP contribution in [0.15, 0.2) is 157 Å². The van der Waals surface area contributed by atoms with Crippen LogP contribution in [0.5, 0.6) is 0 Å². The van der Waals surface area contributed by atoms with Crippen LogP contribution in [-0.2, 0) is 0 Å². The molecular formula is C38H36N2. The molecule has 0 N–H and O–H groups in total. The number of anilines is 4. The molecule has 6 rings (SSSR count). The second-order valence-corrected chi connectivity index (χ2v) is 10.7. The van der Waals surface area contributed by atoms with E-state index >= 15 is 0 Å². The summed E-state index contributed by atoms with van der Waals surface area (Å²) in [6, 6.07) is 39.2. The molecule has 1 atom stereocenters. The fourth-order valence-corrected chi connectivity index (χ4v) is 5.76. The topological polar surface area (TPSA) is 6.48 Å². The minimum Gasteiger partial charge on any atom is -0.315 e. The Morgan fingerprint density at radius 3 is 1.90 bits per heavy atom. The summed E-state index contributed by atoms with van der Waals surface area (Å²) in [4.78, 5) is 4.77. The van der Waals surface area contributed by atoms with Crippen molar-refractivity contribution in [3.8, 4) is 0 Å². The van der Waals surface area contributed by atoms with Crippen molar-refractivity contribution in [1.82, 2.24) is 0 Å².